The van der Waals surface area contributed by atoms with Crippen LogP contribution in [-0.2, 0) is 4.84 Å². The molecule has 8 nitrogen and oxygen atoms in total. The minimum absolute atomic E-state index is 0.163. The number of hydrogen-bond donors (Lipinski definition) is 1. The second-order valence-electron chi connectivity index (χ2n) is 5.43. The van der Waals surface area contributed by atoms with Crippen molar-refractivity contribution in [2.45, 2.75) is 0 Å². The van der Waals surface area contributed by atoms with Crippen molar-refractivity contribution in [2.24, 2.45) is 0 Å². The molecule has 0 bridgehead atoms. The van der Waals surface area contributed by atoms with E-state index in [1.54, 1.807) is 42.5 Å². The zero-order valence-electron chi connectivity index (χ0n) is 14.8. The molecule has 1 heterocycles. The van der Waals surface area contributed by atoms with Crippen LogP contribution in [-0.4, -0.2) is 21.5 Å². The fourth-order valence-corrected chi connectivity index (χ4v) is 2.19. The fourth-order valence-electron chi connectivity index (χ4n) is 2.13. The summed E-state index contributed by atoms with van der Waals surface area (Å²) in [5.41, 5.74) is 5.69. The van der Waals surface area contributed by atoms with Gasteiger partial charge < -0.3 is 15.3 Å². The van der Waals surface area contributed by atoms with Gasteiger partial charge >= 0.3 is 11.5 Å². The first-order chi connectivity index (χ1) is 14.0. The minimum atomic E-state index is -1.19. The van der Waals surface area contributed by atoms with Crippen LogP contribution in [0.5, 0.6) is 5.75 Å². The highest BCUT2D eigenvalue weighted by Crippen LogP contribution is 2.19. The Kier molecular flexibility index (Phi) is 6.25. The second-order valence-corrected chi connectivity index (χ2v) is 5.74. The number of hydrogen-bond acceptors (Lipinski definition) is 7. The lowest BCUT2D eigenvalue weighted by Crippen LogP contribution is -2.34. The van der Waals surface area contributed by atoms with Gasteiger partial charge in [0.2, 0.25) is 5.95 Å². The summed E-state index contributed by atoms with van der Waals surface area (Å²) in [6.07, 6.45) is 2.07. The van der Waals surface area contributed by atoms with Crippen molar-refractivity contribution in [3.05, 3.63) is 78.1 Å². The van der Waals surface area contributed by atoms with Crippen LogP contribution in [0.2, 0.25) is 0 Å². The first kappa shape index (κ1) is 19.7. The van der Waals surface area contributed by atoms with Gasteiger partial charge in [-0.1, -0.05) is 30.0 Å². The molecule has 144 valence electrons. The summed E-state index contributed by atoms with van der Waals surface area (Å²) < 4.78 is 5.18. The summed E-state index contributed by atoms with van der Waals surface area (Å²) in [6.45, 7) is 0. The molecule has 0 aliphatic heterocycles. The summed E-state index contributed by atoms with van der Waals surface area (Å²) in [7, 11) is 0. The molecule has 9 heteroatoms. The number of ether oxygens (including phenoxy) is 1. The molecule has 0 saturated carbocycles. The Morgan fingerprint density at radius 1 is 0.931 bits per heavy atom. The van der Waals surface area contributed by atoms with E-state index in [9.17, 15) is 9.59 Å². The van der Waals surface area contributed by atoms with Crippen molar-refractivity contribution in [1.29, 1.82) is 0 Å². The molecule has 0 aliphatic rings. The van der Waals surface area contributed by atoms with Gasteiger partial charge in [0.1, 0.15) is 5.75 Å². The van der Waals surface area contributed by atoms with E-state index in [2.05, 4.69) is 21.8 Å². The molecule has 0 radical (unpaired) electrons. The molecule has 0 unspecified atom stereocenters. The number of carbonyl (C=O) groups is 2. The first-order valence-electron chi connectivity index (χ1n) is 8.15. The van der Waals surface area contributed by atoms with Crippen LogP contribution < -0.4 is 15.5 Å². The van der Waals surface area contributed by atoms with E-state index in [-0.39, 0.29) is 17.4 Å². The van der Waals surface area contributed by atoms with Gasteiger partial charge in [0.25, 0.3) is 0 Å². The van der Waals surface area contributed by atoms with E-state index in [0.717, 1.165) is 0 Å². The average Bonchev–Trinajstić information content (AvgIpc) is 2.73. The smallest absolute Gasteiger partial charge is 0.408 e. The third-order valence-electron chi connectivity index (χ3n) is 3.40. The highest BCUT2D eigenvalue weighted by Gasteiger charge is 2.22. The minimum Gasteiger partial charge on any atom is -0.408 e. The standard InChI is InChI=1S/C20H13ClN4O4/c21-18(26)29-25(20(27)28-17-4-2-1-3-5-17)16-10-8-14(9-11-16)6-7-15-12-23-19(22)24-13-15/h1-5,8-13H,(H2,22,23,24). The van der Waals surface area contributed by atoms with Crippen LogP contribution in [0.3, 0.4) is 0 Å². The van der Waals surface area contributed by atoms with E-state index in [1.165, 1.54) is 24.5 Å². The summed E-state index contributed by atoms with van der Waals surface area (Å²) >= 11 is 5.28. The SMILES string of the molecule is Nc1ncc(C#Cc2ccc(N(OC(=O)Cl)C(=O)Oc3ccccc3)cc2)cn1. The number of nitrogens with two attached hydrogens (primary N) is 1. The number of carbonyl (C=O) groups excluding carboxylic acids is 2. The lowest BCUT2D eigenvalue weighted by molar-refractivity contribution is 0.138. The normalized spacial score (nSPS) is 9.69. The summed E-state index contributed by atoms with van der Waals surface area (Å²) in [5.74, 6) is 6.24. The van der Waals surface area contributed by atoms with Crippen LogP contribution >= 0.6 is 11.6 Å². The molecule has 2 N–H and O–H groups in total. The Labute approximate surface area is 170 Å². The van der Waals surface area contributed by atoms with E-state index < -0.39 is 11.5 Å². The number of benzene rings is 2. The van der Waals surface area contributed by atoms with Crippen molar-refractivity contribution < 1.29 is 19.2 Å². The molecule has 0 spiro atoms. The first-order valence-corrected chi connectivity index (χ1v) is 8.53. The number of para-hydroxylation sites is 1. The zero-order chi connectivity index (χ0) is 20.6. The van der Waals surface area contributed by atoms with Gasteiger partial charge in [-0.25, -0.2) is 19.6 Å². The molecular formula is C20H13ClN4O4. The number of rotatable bonds is 2. The highest BCUT2D eigenvalue weighted by molar-refractivity contribution is 6.61. The van der Waals surface area contributed by atoms with Gasteiger partial charge in [0.15, 0.2) is 0 Å². The Hall–Kier alpha value is -4.09. The van der Waals surface area contributed by atoms with Gasteiger partial charge in [-0.15, -0.1) is 5.06 Å². The number of aromatic nitrogens is 2. The van der Waals surface area contributed by atoms with Crippen molar-refractivity contribution in [3.63, 3.8) is 0 Å². The summed E-state index contributed by atoms with van der Waals surface area (Å²) in [5, 5.41) is 0.646. The molecule has 3 aromatic rings. The lowest BCUT2D eigenvalue weighted by Gasteiger charge is -2.19. The largest absolute Gasteiger partial charge is 0.453 e. The topological polar surface area (TPSA) is 108 Å². The van der Waals surface area contributed by atoms with Gasteiger partial charge in [0.05, 0.1) is 11.3 Å². The van der Waals surface area contributed by atoms with E-state index in [1.807, 2.05) is 0 Å². The summed E-state index contributed by atoms with van der Waals surface area (Å²) in [4.78, 5) is 36.1. The van der Waals surface area contributed by atoms with Crippen molar-refractivity contribution >= 4 is 34.8 Å². The molecule has 1 amide bonds. The average molecular weight is 409 g/mol. The van der Waals surface area contributed by atoms with Gasteiger partial charge in [-0.05, 0) is 36.4 Å². The maximum Gasteiger partial charge on any atom is 0.453 e. The quantitative estimate of drug-likeness (QED) is 0.390. The van der Waals surface area contributed by atoms with Crippen molar-refractivity contribution in [3.8, 4) is 17.6 Å². The number of anilines is 2. The Morgan fingerprint density at radius 2 is 1.55 bits per heavy atom. The monoisotopic (exact) mass is 408 g/mol. The van der Waals surface area contributed by atoms with Crippen LogP contribution in [0.25, 0.3) is 0 Å². The highest BCUT2D eigenvalue weighted by atomic mass is 35.5. The zero-order valence-corrected chi connectivity index (χ0v) is 15.5. The molecular weight excluding hydrogens is 396 g/mol. The third kappa shape index (κ3) is 5.69. The Bertz CT molecular complexity index is 1060. The Morgan fingerprint density at radius 3 is 2.17 bits per heavy atom. The maximum absolute atomic E-state index is 12.4. The number of nitrogen functional groups attached to an aromatic ring is 1. The van der Waals surface area contributed by atoms with Gasteiger partial charge in [0, 0.05) is 29.6 Å². The van der Waals surface area contributed by atoms with E-state index in [0.29, 0.717) is 16.2 Å². The van der Waals surface area contributed by atoms with Crippen molar-refractivity contribution in [2.75, 3.05) is 10.8 Å². The molecule has 0 atom stereocenters. The lowest BCUT2D eigenvalue weighted by atomic mass is 10.2. The number of halogens is 1. The Balaban J connectivity index is 1.77. The second kappa shape index (κ2) is 9.21. The molecule has 29 heavy (non-hydrogen) atoms. The number of hydroxylamine groups is 1. The molecule has 2 aromatic carbocycles. The van der Waals surface area contributed by atoms with Gasteiger partial charge in [-0.3, -0.25) is 0 Å². The van der Waals surface area contributed by atoms with E-state index in [4.69, 9.17) is 26.9 Å². The summed E-state index contributed by atoms with van der Waals surface area (Å²) in [6, 6.07) is 14.6. The van der Waals surface area contributed by atoms with Crippen LogP contribution in [0.15, 0.2) is 67.0 Å². The van der Waals surface area contributed by atoms with Gasteiger partial charge in [-0.2, -0.15) is 0 Å². The molecule has 1 aromatic heterocycles. The predicted molar refractivity (Wildman–Crippen MR) is 106 cm³/mol. The molecule has 0 saturated heterocycles. The van der Waals surface area contributed by atoms with E-state index >= 15 is 0 Å². The third-order valence-corrected chi connectivity index (χ3v) is 3.47. The molecule has 0 aliphatic carbocycles. The predicted octanol–water partition coefficient (Wildman–Crippen LogP) is 3.75. The van der Waals surface area contributed by atoms with Crippen LogP contribution in [0.4, 0.5) is 21.2 Å². The molecule has 3 rings (SSSR count). The maximum atomic E-state index is 12.4. The number of nitrogens with zero attached hydrogens (tertiary/aromatic N) is 3. The fraction of sp³-hybridized carbons (Fsp3) is 0. The number of amides is 1. The van der Waals surface area contributed by atoms with Crippen molar-refractivity contribution in [1.82, 2.24) is 9.97 Å². The molecule has 0 fully saturated rings. The van der Waals surface area contributed by atoms with Crippen LogP contribution in [0.1, 0.15) is 11.1 Å². The van der Waals surface area contributed by atoms with Crippen LogP contribution in [0, 0.1) is 11.8 Å².